The second-order valence-electron chi connectivity index (χ2n) is 6.97. The Kier molecular flexibility index (Phi) is 5.98. The molecule has 1 aromatic carbocycles. The third-order valence-electron chi connectivity index (χ3n) is 4.84. The predicted molar refractivity (Wildman–Crippen MR) is 112 cm³/mol. The van der Waals surface area contributed by atoms with Crippen molar-refractivity contribution < 1.29 is 14.3 Å². The Bertz CT molecular complexity index is 1010. The highest BCUT2D eigenvalue weighted by molar-refractivity contribution is 5.99. The molecular weight excluding hydrogens is 380 g/mol. The number of benzene rings is 1. The number of nitrogens with one attached hydrogen (secondary N) is 1. The van der Waals surface area contributed by atoms with Crippen LogP contribution >= 0.6 is 0 Å². The smallest absolute Gasteiger partial charge is 0.274 e. The first-order valence-electron chi connectivity index (χ1n) is 9.86. The van der Waals surface area contributed by atoms with Crippen LogP contribution in [-0.4, -0.2) is 28.3 Å². The zero-order chi connectivity index (χ0) is 20.8. The number of rotatable bonds is 7. The van der Waals surface area contributed by atoms with E-state index in [1.807, 2.05) is 42.5 Å². The molecule has 0 radical (unpaired) electrons. The van der Waals surface area contributed by atoms with Gasteiger partial charge in [-0.15, -0.1) is 0 Å². The third-order valence-corrected chi connectivity index (χ3v) is 4.84. The highest BCUT2D eigenvalue weighted by Gasteiger charge is 2.36. The molecule has 152 valence electrons. The Hall–Kier alpha value is -3.74. The summed E-state index contributed by atoms with van der Waals surface area (Å²) in [4.78, 5) is 35.3. The normalized spacial score (nSPS) is 15.3. The van der Waals surface area contributed by atoms with Crippen molar-refractivity contribution in [3.8, 4) is 5.75 Å². The van der Waals surface area contributed by atoms with E-state index in [2.05, 4.69) is 15.3 Å². The maximum Gasteiger partial charge on any atom is 0.274 e. The van der Waals surface area contributed by atoms with E-state index in [-0.39, 0.29) is 11.8 Å². The number of amides is 2. The number of pyridine rings is 2. The van der Waals surface area contributed by atoms with Gasteiger partial charge in [0.15, 0.2) is 11.6 Å². The Labute approximate surface area is 174 Å². The Balaban J connectivity index is 1.39. The minimum atomic E-state index is -0.720. The predicted octanol–water partition coefficient (Wildman–Crippen LogP) is 3.04. The number of aromatic nitrogens is 2. The summed E-state index contributed by atoms with van der Waals surface area (Å²) in [6.07, 6.45) is 5.15. The molecule has 0 aliphatic carbocycles. The van der Waals surface area contributed by atoms with Gasteiger partial charge in [-0.3, -0.25) is 19.5 Å². The zero-order valence-electron chi connectivity index (χ0n) is 16.4. The summed E-state index contributed by atoms with van der Waals surface area (Å²) in [6.45, 7) is 0.819. The molecule has 3 heterocycles. The summed E-state index contributed by atoms with van der Waals surface area (Å²) < 4.78 is 5.94. The summed E-state index contributed by atoms with van der Waals surface area (Å²) >= 11 is 0. The van der Waals surface area contributed by atoms with E-state index in [0.29, 0.717) is 37.5 Å². The maximum absolute atomic E-state index is 13.1. The summed E-state index contributed by atoms with van der Waals surface area (Å²) in [5, 5.41) is 2.88. The van der Waals surface area contributed by atoms with E-state index in [1.165, 1.54) is 0 Å². The van der Waals surface area contributed by atoms with Crippen molar-refractivity contribution in [2.75, 3.05) is 11.4 Å². The Morgan fingerprint density at radius 2 is 1.90 bits per heavy atom. The molecule has 1 N–H and O–H groups in total. The lowest BCUT2D eigenvalue weighted by Gasteiger charge is -2.33. The fraction of sp³-hybridized carbons (Fsp3) is 0.217. The van der Waals surface area contributed by atoms with Gasteiger partial charge in [0.1, 0.15) is 0 Å². The Morgan fingerprint density at radius 3 is 2.70 bits per heavy atom. The molecule has 0 fully saturated rings. The molecule has 1 atom stereocenters. The van der Waals surface area contributed by atoms with Crippen LogP contribution in [0.3, 0.4) is 0 Å². The quantitative estimate of drug-likeness (QED) is 0.657. The molecule has 0 spiro atoms. The second-order valence-corrected chi connectivity index (χ2v) is 6.97. The van der Waals surface area contributed by atoms with Crippen molar-refractivity contribution in [3.05, 3.63) is 84.3 Å². The molecule has 7 heteroatoms. The lowest BCUT2D eigenvalue weighted by molar-refractivity contribution is -0.127. The molecule has 7 nitrogen and oxygen atoms in total. The monoisotopic (exact) mass is 402 g/mol. The maximum atomic E-state index is 13.1. The van der Waals surface area contributed by atoms with E-state index < -0.39 is 6.10 Å². The van der Waals surface area contributed by atoms with E-state index in [4.69, 9.17) is 4.74 Å². The zero-order valence-corrected chi connectivity index (χ0v) is 16.4. The van der Waals surface area contributed by atoms with Crippen LogP contribution in [-0.2, 0) is 16.1 Å². The number of ether oxygens (including phenoxy) is 1. The van der Waals surface area contributed by atoms with Gasteiger partial charge in [-0.1, -0.05) is 36.4 Å². The van der Waals surface area contributed by atoms with Gasteiger partial charge in [-0.25, -0.2) is 4.98 Å². The number of hydrogen-bond acceptors (Lipinski definition) is 5. The van der Waals surface area contributed by atoms with Crippen LogP contribution in [0, 0.1) is 0 Å². The molecule has 3 aromatic rings. The molecule has 1 aliphatic heterocycles. The van der Waals surface area contributed by atoms with Crippen LogP contribution < -0.4 is 15.0 Å². The number of nitrogens with zero attached hydrogens (tertiary/aromatic N) is 3. The number of fused-ring (bicyclic) bond motifs is 1. The third kappa shape index (κ3) is 4.46. The molecule has 0 bridgehead atoms. The summed E-state index contributed by atoms with van der Waals surface area (Å²) in [5.41, 5.74) is 1.73. The summed E-state index contributed by atoms with van der Waals surface area (Å²) in [6, 6.07) is 16.7. The standard InChI is InChI=1S/C23H22N4O3/c28-20(26-16-17-7-4-12-24-15-17)11-6-14-27-22-19(10-5-13-25-22)30-21(23(27)29)18-8-2-1-3-9-18/h1-5,7-10,12-13,15,21H,6,11,14,16H2,(H,26,28). The molecule has 1 unspecified atom stereocenters. The van der Waals surface area contributed by atoms with Crippen molar-refractivity contribution in [2.24, 2.45) is 0 Å². The average Bonchev–Trinajstić information content (AvgIpc) is 2.80. The lowest BCUT2D eigenvalue weighted by atomic mass is 10.1. The van der Waals surface area contributed by atoms with Gasteiger partial charge in [-0.05, 0) is 30.2 Å². The molecule has 1 aliphatic rings. The van der Waals surface area contributed by atoms with Crippen LogP contribution in [0.2, 0.25) is 0 Å². The van der Waals surface area contributed by atoms with Gasteiger partial charge < -0.3 is 10.1 Å². The Morgan fingerprint density at radius 1 is 1.07 bits per heavy atom. The number of anilines is 1. The lowest BCUT2D eigenvalue weighted by Crippen LogP contribution is -2.42. The van der Waals surface area contributed by atoms with Crippen molar-refractivity contribution in [3.63, 3.8) is 0 Å². The minimum absolute atomic E-state index is 0.0691. The van der Waals surface area contributed by atoms with Crippen LogP contribution in [0.1, 0.15) is 30.1 Å². The SMILES string of the molecule is O=C(CCCN1C(=O)C(c2ccccc2)Oc2cccnc21)NCc1cccnc1. The number of hydrogen-bond donors (Lipinski definition) is 1. The van der Waals surface area contributed by atoms with E-state index in [0.717, 1.165) is 11.1 Å². The van der Waals surface area contributed by atoms with Gasteiger partial charge >= 0.3 is 0 Å². The first kappa shape index (κ1) is 19.6. The van der Waals surface area contributed by atoms with Crippen LogP contribution in [0.15, 0.2) is 73.2 Å². The highest BCUT2D eigenvalue weighted by Crippen LogP contribution is 2.37. The molecule has 0 saturated carbocycles. The van der Waals surface area contributed by atoms with Gasteiger partial charge in [0.05, 0.1) is 0 Å². The second kappa shape index (κ2) is 9.17. The van der Waals surface area contributed by atoms with E-state index in [9.17, 15) is 9.59 Å². The number of carbonyl (C=O) groups is 2. The van der Waals surface area contributed by atoms with Crippen molar-refractivity contribution in [2.45, 2.75) is 25.5 Å². The van der Waals surface area contributed by atoms with Crippen molar-refractivity contribution in [1.82, 2.24) is 15.3 Å². The summed E-state index contributed by atoms with van der Waals surface area (Å²) in [5.74, 6) is 0.806. The van der Waals surface area contributed by atoms with Crippen LogP contribution in [0.25, 0.3) is 0 Å². The molecule has 30 heavy (non-hydrogen) atoms. The van der Waals surface area contributed by atoms with E-state index in [1.54, 1.807) is 35.6 Å². The topological polar surface area (TPSA) is 84.4 Å². The first-order valence-corrected chi connectivity index (χ1v) is 9.86. The van der Waals surface area contributed by atoms with Crippen LogP contribution in [0.5, 0.6) is 5.75 Å². The number of carbonyl (C=O) groups excluding carboxylic acids is 2. The molecular formula is C23H22N4O3. The molecule has 0 saturated heterocycles. The van der Waals surface area contributed by atoms with E-state index >= 15 is 0 Å². The minimum Gasteiger partial charge on any atom is -0.472 e. The molecule has 2 aromatic heterocycles. The van der Waals surface area contributed by atoms with Crippen molar-refractivity contribution in [1.29, 1.82) is 0 Å². The largest absolute Gasteiger partial charge is 0.472 e. The average molecular weight is 402 g/mol. The molecule has 2 amide bonds. The van der Waals surface area contributed by atoms with Crippen LogP contribution in [0.4, 0.5) is 5.82 Å². The first-order chi connectivity index (χ1) is 14.7. The fourth-order valence-electron chi connectivity index (χ4n) is 3.34. The highest BCUT2D eigenvalue weighted by atomic mass is 16.5. The summed E-state index contributed by atoms with van der Waals surface area (Å²) in [7, 11) is 0. The molecule has 4 rings (SSSR count). The van der Waals surface area contributed by atoms with Crippen molar-refractivity contribution >= 4 is 17.6 Å². The van der Waals surface area contributed by atoms with Gasteiger partial charge in [0.2, 0.25) is 12.0 Å². The van der Waals surface area contributed by atoms with Gasteiger partial charge in [0, 0.05) is 43.7 Å². The fourth-order valence-corrected chi connectivity index (χ4v) is 3.34. The van der Waals surface area contributed by atoms with Gasteiger partial charge in [-0.2, -0.15) is 0 Å². The van der Waals surface area contributed by atoms with Gasteiger partial charge in [0.25, 0.3) is 5.91 Å².